The smallest absolute Gasteiger partial charge is 0.321 e. The molecule has 1 fully saturated rings. The zero-order valence-corrected chi connectivity index (χ0v) is 13.7. The minimum absolute atomic E-state index is 0.283. The topological polar surface area (TPSA) is 114 Å². The van der Waals surface area contributed by atoms with E-state index in [0.29, 0.717) is 11.5 Å². The fraction of sp³-hybridized carbons (Fsp3) is 0.125. The summed E-state index contributed by atoms with van der Waals surface area (Å²) in [4.78, 5) is 22.7. The SMILES string of the molecule is O=C1NCC(S(=O)(=O)Nc2ccc(Oc3ccccc3)cc2)C(=O)N1. The summed E-state index contributed by atoms with van der Waals surface area (Å²) >= 11 is 0. The molecule has 3 rings (SSSR count). The monoisotopic (exact) mass is 361 g/mol. The van der Waals surface area contributed by atoms with Crippen molar-refractivity contribution in [1.82, 2.24) is 10.6 Å². The van der Waals surface area contributed by atoms with Gasteiger partial charge in [-0.15, -0.1) is 0 Å². The third-order valence-electron chi connectivity index (χ3n) is 3.45. The fourth-order valence-corrected chi connectivity index (χ4v) is 3.47. The van der Waals surface area contributed by atoms with Crippen molar-refractivity contribution in [3.05, 3.63) is 54.6 Å². The van der Waals surface area contributed by atoms with Crippen LogP contribution < -0.4 is 20.1 Å². The molecule has 25 heavy (non-hydrogen) atoms. The van der Waals surface area contributed by atoms with Gasteiger partial charge >= 0.3 is 6.03 Å². The largest absolute Gasteiger partial charge is 0.457 e. The molecule has 0 aliphatic carbocycles. The molecule has 1 heterocycles. The predicted octanol–water partition coefficient (Wildman–Crippen LogP) is 1.43. The number of para-hydroxylation sites is 1. The lowest BCUT2D eigenvalue weighted by molar-refractivity contribution is -0.120. The Kier molecular flexibility index (Phi) is 4.57. The van der Waals surface area contributed by atoms with Gasteiger partial charge in [-0.2, -0.15) is 0 Å². The number of rotatable bonds is 5. The second-order valence-corrected chi connectivity index (χ2v) is 7.14. The molecule has 0 spiro atoms. The van der Waals surface area contributed by atoms with E-state index < -0.39 is 27.2 Å². The van der Waals surface area contributed by atoms with Gasteiger partial charge in [0, 0.05) is 12.2 Å². The molecule has 0 saturated carbocycles. The Hall–Kier alpha value is -3.07. The molecular formula is C16H15N3O5S. The van der Waals surface area contributed by atoms with E-state index in [1.54, 1.807) is 24.3 Å². The number of hydrogen-bond acceptors (Lipinski definition) is 5. The molecule has 3 amide bonds. The highest BCUT2D eigenvalue weighted by molar-refractivity contribution is 7.94. The number of carbonyl (C=O) groups excluding carboxylic acids is 2. The molecule has 2 aromatic rings. The minimum atomic E-state index is -4.00. The van der Waals surface area contributed by atoms with E-state index in [1.165, 1.54) is 12.1 Å². The van der Waals surface area contributed by atoms with Crippen LogP contribution in [0.1, 0.15) is 0 Å². The van der Waals surface area contributed by atoms with Crippen molar-refractivity contribution in [1.29, 1.82) is 0 Å². The fourth-order valence-electron chi connectivity index (χ4n) is 2.22. The second-order valence-electron chi connectivity index (χ2n) is 5.27. The Morgan fingerprint density at radius 2 is 1.60 bits per heavy atom. The first kappa shape index (κ1) is 16.8. The van der Waals surface area contributed by atoms with Gasteiger partial charge in [-0.1, -0.05) is 18.2 Å². The molecule has 0 radical (unpaired) electrons. The summed E-state index contributed by atoms with van der Waals surface area (Å²) in [5, 5.41) is 2.81. The predicted molar refractivity (Wildman–Crippen MR) is 90.8 cm³/mol. The Labute approximate surface area is 144 Å². The van der Waals surface area contributed by atoms with Gasteiger partial charge < -0.3 is 10.1 Å². The zero-order valence-electron chi connectivity index (χ0n) is 12.9. The van der Waals surface area contributed by atoms with Gasteiger partial charge in [0.15, 0.2) is 5.25 Å². The first-order chi connectivity index (χ1) is 11.9. The van der Waals surface area contributed by atoms with Crippen LogP contribution in [0.2, 0.25) is 0 Å². The van der Waals surface area contributed by atoms with Gasteiger partial charge in [0.25, 0.3) is 0 Å². The average Bonchev–Trinajstić information content (AvgIpc) is 2.57. The first-order valence-electron chi connectivity index (χ1n) is 7.37. The van der Waals surface area contributed by atoms with Crippen molar-refractivity contribution < 1.29 is 22.7 Å². The lowest BCUT2D eigenvalue weighted by Crippen LogP contribution is -2.58. The number of hydrogen-bond donors (Lipinski definition) is 3. The van der Waals surface area contributed by atoms with Crippen molar-refractivity contribution in [2.24, 2.45) is 0 Å². The molecule has 0 bridgehead atoms. The number of benzene rings is 2. The number of sulfonamides is 1. The molecule has 130 valence electrons. The standard InChI is InChI=1S/C16H15N3O5S/c20-15-14(10-17-16(21)18-15)25(22,23)19-11-6-8-13(9-7-11)24-12-4-2-1-3-5-12/h1-9,14,19H,10H2,(H2,17,18,20,21). The molecule has 1 aliphatic rings. The number of imide groups is 1. The Morgan fingerprint density at radius 3 is 2.24 bits per heavy atom. The third-order valence-corrected chi connectivity index (χ3v) is 5.10. The van der Waals surface area contributed by atoms with Crippen LogP contribution in [0.15, 0.2) is 54.6 Å². The molecule has 0 aromatic heterocycles. The van der Waals surface area contributed by atoms with Crippen molar-refractivity contribution in [2.45, 2.75) is 5.25 Å². The van der Waals surface area contributed by atoms with Crippen LogP contribution in [0, 0.1) is 0 Å². The van der Waals surface area contributed by atoms with Crippen LogP contribution in [0.3, 0.4) is 0 Å². The molecule has 1 atom stereocenters. The molecular weight excluding hydrogens is 346 g/mol. The van der Waals surface area contributed by atoms with Crippen LogP contribution in [-0.2, 0) is 14.8 Å². The molecule has 3 N–H and O–H groups in total. The van der Waals surface area contributed by atoms with Gasteiger partial charge in [-0.3, -0.25) is 14.8 Å². The highest BCUT2D eigenvalue weighted by atomic mass is 32.2. The zero-order chi connectivity index (χ0) is 17.9. The third kappa shape index (κ3) is 4.07. The van der Waals surface area contributed by atoms with Crippen LogP contribution in [0.25, 0.3) is 0 Å². The van der Waals surface area contributed by atoms with E-state index >= 15 is 0 Å². The van der Waals surface area contributed by atoms with E-state index in [4.69, 9.17) is 4.74 Å². The Balaban J connectivity index is 1.68. The number of amides is 3. The number of nitrogens with one attached hydrogen (secondary N) is 3. The van der Waals surface area contributed by atoms with Crippen molar-refractivity contribution in [3.63, 3.8) is 0 Å². The van der Waals surface area contributed by atoms with Gasteiger partial charge in [-0.25, -0.2) is 13.2 Å². The lowest BCUT2D eigenvalue weighted by Gasteiger charge is -2.22. The van der Waals surface area contributed by atoms with E-state index in [0.717, 1.165) is 0 Å². The Morgan fingerprint density at radius 1 is 0.960 bits per heavy atom. The van der Waals surface area contributed by atoms with E-state index in [2.05, 4.69) is 10.0 Å². The van der Waals surface area contributed by atoms with Crippen LogP contribution in [-0.4, -0.2) is 32.2 Å². The molecule has 9 heteroatoms. The van der Waals surface area contributed by atoms with Crippen LogP contribution in [0.5, 0.6) is 11.5 Å². The summed E-state index contributed by atoms with van der Waals surface area (Å²) in [5.74, 6) is 0.336. The summed E-state index contributed by atoms with van der Waals surface area (Å²) in [7, 11) is -4.00. The van der Waals surface area contributed by atoms with E-state index in [1.807, 2.05) is 23.5 Å². The summed E-state index contributed by atoms with van der Waals surface area (Å²) in [6.45, 7) is -0.283. The van der Waals surface area contributed by atoms with Crippen molar-refractivity contribution in [3.8, 4) is 11.5 Å². The summed E-state index contributed by atoms with van der Waals surface area (Å²) in [6, 6.07) is 14.7. The lowest BCUT2D eigenvalue weighted by atomic mass is 10.3. The van der Waals surface area contributed by atoms with E-state index in [-0.39, 0.29) is 12.2 Å². The maximum atomic E-state index is 12.3. The number of carbonyl (C=O) groups is 2. The van der Waals surface area contributed by atoms with Crippen LogP contribution >= 0.6 is 0 Å². The van der Waals surface area contributed by atoms with Crippen molar-refractivity contribution in [2.75, 3.05) is 11.3 Å². The normalized spacial score (nSPS) is 17.4. The quantitative estimate of drug-likeness (QED) is 0.745. The number of anilines is 1. The van der Waals surface area contributed by atoms with Gasteiger partial charge in [0.2, 0.25) is 15.9 Å². The summed E-state index contributed by atoms with van der Waals surface area (Å²) in [5.41, 5.74) is 0.283. The number of urea groups is 1. The maximum Gasteiger partial charge on any atom is 0.321 e. The van der Waals surface area contributed by atoms with Gasteiger partial charge in [0.05, 0.1) is 0 Å². The van der Waals surface area contributed by atoms with Gasteiger partial charge in [-0.05, 0) is 36.4 Å². The first-order valence-corrected chi connectivity index (χ1v) is 8.92. The Bertz CT molecular complexity index is 882. The summed E-state index contributed by atoms with van der Waals surface area (Å²) < 4.78 is 32.5. The molecule has 1 aliphatic heterocycles. The highest BCUT2D eigenvalue weighted by Gasteiger charge is 2.37. The van der Waals surface area contributed by atoms with Gasteiger partial charge in [0.1, 0.15) is 11.5 Å². The summed E-state index contributed by atoms with van der Waals surface area (Å²) in [6.07, 6.45) is 0. The molecule has 1 unspecified atom stereocenters. The minimum Gasteiger partial charge on any atom is -0.457 e. The molecule has 2 aromatic carbocycles. The molecule has 8 nitrogen and oxygen atoms in total. The van der Waals surface area contributed by atoms with Crippen LogP contribution in [0.4, 0.5) is 10.5 Å². The number of ether oxygens (including phenoxy) is 1. The maximum absolute atomic E-state index is 12.3. The molecule has 1 saturated heterocycles. The van der Waals surface area contributed by atoms with Crippen molar-refractivity contribution >= 4 is 27.6 Å². The average molecular weight is 361 g/mol. The highest BCUT2D eigenvalue weighted by Crippen LogP contribution is 2.23. The second kappa shape index (κ2) is 6.81. The van der Waals surface area contributed by atoms with E-state index in [9.17, 15) is 18.0 Å².